The summed E-state index contributed by atoms with van der Waals surface area (Å²) in [5.41, 5.74) is 2.63. The summed E-state index contributed by atoms with van der Waals surface area (Å²) in [5.74, 6) is -1.05. The van der Waals surface area contributed by atoms with Crippen LogP contribution in [0.4, 0.5) is 5.69 Å². The van der Waals surface area contributed by atoms with Crippen LogP contribution < -0.4 is 16.4 Å². The van der Waals surface area contributed by atoms with Gasteiger partial charge < -0.3 is 15.1 Å². The first-order valence-corrected chi connectivity index (χ1v) is 9.70. The normalized spacial score (nSPS) is 10.8. The number of para-hydroxylation sites is 2. The maximum Gasteiger partial charge on any atom is 0.419 e. The van der Waals surface area contributed by atoms with Gasteiger partial charge in [0.05, 0.1) is 17.7 Å². The van der Waals surface area contributed by atoms with Gasteiger partial charge >= 0.3 is 5.76 Å². The number of aryl methyl sites for hydroxylation is 1. The van der Waals surface area contributed by atoms with Crippen LogP contribution in [0.5, 0.6) is 0 Å². The van der Waals surface area contributed by atoms with Crippen molar-refractivity contribution < 1.29 is 14.0 Å². The molecule has 4 aromatic rings. The Balaban J connectivity index is 1.21. The van der Waals surface area contributed by atoms with Gasteiger partial charge in [0, 0.05) is 18.7 Å². The predicted octanol–water partition coefficient (Wildman–Crippen LogP) is 1.71. The van der Waals surface area contributed by atoms with Gasteiger partial charge in [0.2, 0.25) is 11.8 Å². The lowest BCUT2D eigenvalue weighted by atomic mass is 10.2. The minimum Gasteiger partial charge on any atom is -0.408 e. The predicted molar refractivity (Wildman–Crippen MR) is 113 cm³/mol. The molecule has 0 unspecified atom stereocenters. The number of aromatic nitrogens is 4. The Morgan fingerprint density at radius 2 is 1.84 bits per heavy atom. The van der Waals surface area contributed by atoms with Crippen LogP contribution in [-0.4, -0.2) is 37.7 Å². The molecule has 0 atom stereocenters. The molecule has 0 radical (unpaired) electrons. The van der Waals surface area contributed by atoms with Gasteiger partial charge in [-0.15, -0.1) is 0 Å². The van der Waals surface area contributed by atoms with Crippen molar-refractivity contribution in [2.24, 2.45) is 0 Å². The number of amides is 2. The summed E-state index contributed by atoms with van der Waals surface area (Å²) in [5, 5.41) is 9.34. The van der Waals surface area contributed by atoms with Crippen LogP contribution in [0.15, 0.2) is 70.4 Å². The second-order valence-electron chi connectivity index (χ2n) is 6.80. The Kier molecular flexibility index (Phi) is 5.88. The number of anilines is 1. The van der Waals surface area contributed by atoms with Gasteiger partial charge in [0.25, 0.3) is 0 Å². The molecule has 31 heavy (non-hydrogen) atoms. The lowest BCUT2D eigenvalue weighted by Gasteiger charge is -2.08. The second-order valence-corrected chi connectivity index (χ2v) is 6.80. The molecule has 2 aromatic carbocycles. The minimum absolute atomic E-state index is 0.141. The second kappa shape index (κ2) is 9.08. The van der Waals surface area contributed by atoms with E-state index in [1.54, 1.807) is 53.5 Å². The molecule has 2 amide bonds. The average molecular weight is 420 g/mol. The van der Waals surface area contributed by atoms with E-state index in [0.717, 1.165) is 5.69 Å². The molecule has 0 spiro atoms. The van der Waals surface area contributed by atoms with Crippen molar-refractivity contribution in [1.82, 2.24) is 24.6 Å². The molecule has 2 aromatic heterocycles. The maximum atomic E-state index is 12.1. The third-order valence-corrected chi connectivity index (χ3v) is 4.64. The van der Waals surface area contributed by atoms with E-state index in [0.29, 0.717) is 29.8 Å². The maximum absolute atomic E-state index is 12.1. The molecule has 0 fully saturated rings. The molecule has 0 aliphatic carbocycles. The summed E-state index contributed by atoms with van der Waals surface area (Å²) >= 11 is 0. The van der Waals surface area contributed by atoms with Gasteiger partial charge in [-0.3, -0.25) is 14.2 Å². The molecule has 0 saturated heterocycles. The highest BCUT2D eigenvalue weighted by Gasteiger charge is 2.10. The zero-order valence-corrected chi connectivity index (χ0v) is 16.5. The van der Waals surface area contributed by atoms with E-state index in [1.807, 2.05) is 6.07 Å². The molecular formula is C21H20N6O4. The summed E-state index contributed by atoms with van der Waals surface area (Å²) in [6.07, 6.45) is 3.65. The Morgan fingerprint density at radius 1 is 1.03 bits per heavy atom. The summed E-state index contributed by atoms with van der Waals surface area (Å²) in [6, 6.07) is 14.2. The van der Waals surface area contributed by atoms with Gasteiger partial charge in [-0.05, 0) is 42.8 Å². The number of hydrogen-bond donors (Lipinski definition) is 2. The zero-order chi connectivity index (χ0) is 21.6. The molecule has 0 bridgehead atoms. The third kappa shape index (κ3) is 4.86. The van der Waals surface area contributed by atoms with E-state index < -0.39 is 5.76 Å². The van der Waals surface area contributed by atoms with E-state index in [1.165, 1.54) is 10.9 Å². The van der Waals surface area contributed by atoms with Crippen molar-refractivity contribution in [1.29, 1.82) is 0 Å². The number of hydrogen-bond acceptors (Lipinski definition) is 6. The van der Waals surface area contributed by atoms with Gasteiger partial charge in [-0.1, -0.05) is 12.1 Å². The lowest BCUT2D eigenvalue weighted by molar-refractivity contribution is -0.124. The highest BCUT2D eigenvalue weighted by atomic mass is 16.4. The number of rotatable bonds is 8. The topological polar surface area (TPSA) is 124 Å². The van der Waals surface area contributed by atoms with Gasteiger partial charge in [0.1, 0.15) is 12.7 Å². The fraction of sp³-hybridized carbons (Fsp3) is 0.190. The highest BCUT2D eigenvalue weighted by Crippen LogP contribution is 2.13. The molecule has 2 heterocycles. The molecule has 2 N–H and O–H groups in total. The highest BCUT2D eigenvalue weighted by molar-refractivity contribution is 5.94. The molecule has 0 aliphatic heterocycles. The van der Waals surface area contributed by atoms with Crippen LogP contribution in [0.3, 0.4) is 0 Å². The van der Waals surface area contributed by atoms with Crippen molar-refractivity contribution in [3.05, 3.63) is 71.7 Å². The molecule has 0 saturated carbocycles. The van der Waals surface area contributed by atoms with E-state index in [-0.39, 0.29) is 24.8 Å². The molecule has 10 heteroatoms. The number of carbonyl (C=O) groups is 2. The number of benzene rings is 2. The van der Waals surface area contributed by atoms with Crippen molar-refractivity contribution in [3.8, 4) is 5.69 Å². The smallest absolute Gasteiger partial charge is 0.408 e. The quantitative estimate of drug-likeness (QED) is 0.447. The number of nitrogens with one attached hydrogen (secondary N) is 2. The Morgan fingerprint density at radius 3 is 2.61 bits per heavy atom. The summed E-state index contributed by atoms with van der Waals surface area (Å²) in [6.45, 7) is 0.214. The van der Waals surface area contributed by atoms with Gasteiger partial charge in [-0.2, -0.15) is 5.10 Å². The SMILES string of the molecule is O=C(CCCn1c(=O)oc2ccccc21)NCC(=O)Nc1ccc(-n2cncn2)cc1. The zero-order valence-electron chi connectivity index (χ0n) is 16.5. The molecule has 4 rings (SSSR count). The number of nitrogens with zero attached hydrogens (tertiary/aromatic N) is 4. The first-order valence-electron chi connectivity index (χ1n) is 9.70. The van der Waals surface area contributed by atoms with E-state index in [4.69, 9.17) is 4.42 Å². The van der Waals surface area contributed by atoms with Crippen LogP contribution in [0.2, 0.25) is 0 Å². The standard InChI is InChI=1S/C21H20N6O4/c28-19(6-3-11-26-17-4-1-2-5-18(17)31-21(26)30)23-12-20(29)25-15-7-9-16(10-8-15)27-14-22-13-24-27/h1-2,4-5,7-10,13-14H,3,6,11-12H2,(H,23,28)(H,25,29). The number of carbonyl (C=O) groups excluding carboxylic acids is 2. The Bertz CT molecular complexity index is 1240. The third-order valence-electron chi connectivity index (χ3n) is 4.64. The van der Waals surface area contributed by atoms with Crippen LogP contribution >= 0.6 is 0 Å². The van der Waals surface area contributed by atoms with Crippen LogP contribution in [0, 0.1) is 0 Å². The van der Waals surface area contributed by atoms with Crippen molar-refractivity contribution in [2.45, 2.75) is 19.4 Å². The summed E-state index contributed by atoms with van der Waals surface area (Å²) in [4.78, 5) is 39.9. The summed E-state index contributed by atoms with van der Waals surface area (Å²) in [7, 11) is 0. The number of oxazole rings is 1. The van der Waals surface area contributed by atoms with E-state index in [2.05, 4.69) is 20.7 Å². The van der Waals surface area contributed by atoms with Crippen LogP contribution in [0.25, 0.3) is 16.8 Å². The van der Waals surface area contributed by atoms with E-state index in [9.17, 15) is 14.4 Å². The average Bonchev–Trinajstić information content (AvgIpc) is 3.41. The first kappa shape index (κ1) is 20.1. The monoisotopic (exact) mass is 420 g/mol. The van der Waals surface area contributed by atoms with E-state index >= 15 is 0 Å². The fourth-order valence-corrected chi connectivity index (χ4v) is 3.13. The van der Waals surface area contributed by atoms with Gasteiger partial charge in [-0.25, -0.2) is 14.5 Å². The van der Waals surface area contributed by atoms with Crippen molar-refractivity contribution >= 4 is 28.6 Å². The molecule has 0 aliphatic rings. The van der Waals surface area contributed by atoms with Crippen molar-refractivity contribution in [3.63, 3.8) is 0 Å². The molecule has 10 nitrogen and oxygen atoms in total. The van der Waals surface area contributed by atoms with Gasteiger partial charge in [0.15, 0.2) is 5.58 Å². The van der Waals surface area contributed by atoms with Crippen molar-refractivity contribution in [2.75, 3.05) is 11.9 Å². The molecular weight excluding hydrogens is 400 g/mol. The van der Waals surface area contributed by atoms with Crippen LogP contribution in [0.1, 0.15) is 12.8 Å². The lowest BCUT2D eigenvalue weighted by Crippen LogP contribution is -2.32. The molecule has 158 valence electrons. The summed E-state index contributed by atoms with van der Waals surface area (Å²) < 4.78 is 8.27. The van der Waals surface area contributed by atoms with Crippen LogP contribution in [-0.2, 0) is 16.1 Å². The minimum atomic E-state index is -0.448. The number of fused-ring (bicyclic) bond motifs is 1. The Hall–Kier alpha value is -4.21. The fourth-order valence-electron chi connectivity index (χ4n) is 3.13. The largest absolute Gasteiger partial charge is 0.419 e. The Labute approximate surface area is 176 Å². The first-order chi connectivity index (χ1) is 15.1.